The van der Waals surface area contributed by atoms with Gasteiger partial charge in [-0.2, -0.15) is 0 Å². The minimum atomic E-state index is -0.282. The maximum absolute atomic E-state index is 10.7. The van der Waals surface area contributed by atoms with Crippen molar-refractivity contribution in [3.05, 3.63) is 0 Å². The lowest BCUT2D eigenvalue weighted by atomic mass is 10.3. The lowest BCUT2D eigenvalue weighted by Crippen LogP contribution is -2.47. The number of primary amides is 1. The Balaban J connectivity index is 2.27. The van der Waals surface area contributed by atoms with Crippen LogP contribution in [0.4, 0.5) is 0 Å². The van der Waals surface area contributed by atoms with Crippen molar-refractivity contribution in [2.45, 2.75) is 13.0 Å². The highest BCUT2D eigenvalue weighted by Crippen LogP contribution is 1.99. The van der Waals surface area contributed by atoms with Crippen LogP contribution in [0, 0.1) is 0 Å². The summed E-state index contributed by atoms with van der Waals surface area (Å²) in [6, 6.07) is 0. The number of carbonyl (C=O) groups excluding carboxylic acids is 1. The quantitative estimate of drug-likeness (QED) is 0.585. The van der Waals surface area contributed by atoms with E-state index in [2.05, 4.69) is 5.32 Å². The fraction of sp³-hybridized carbons (Fsp3) is 0.889. The zero-order valence-electron chi connectivity index (χ0n) is 8.66. The van der Waals surface area contributed by atoms with E-state index in [1.165, 1.54) is 0 Å². The largest absolute Gasteiger partial charge is 0.374 e. The van der Waals surface area contributed by atoms with Crippen LogP contribution in [0.2, 0.25) is 0 Å². The Bertz CT molecular complexity index is 181. The third-order valence-electron chi connectivity index (χ3n) is 2.29. The number of morpholine rings is 1. The van der Waals surface area contributed by atoms with Crippen molar-refractivity contribution in [1.29, 1.82) is 0 Å². The number of ether oxygens (including phenoxy) is 1. The summed E-state index contributed by atoms with van der Waals surface area (Å²) in [5, 5.41) is 3.25. The van der Waals surface area contributed by atoms with Crippen molar-refractivity contribution in [1.82, 2.24) is 10.2 Å². The SMILES string of the molecule is CCN(CC(N)=O)CC1CNCCO1. The molecule has 0 aromatic carbocycles. The van der Waals surface area contributed by atoms with Gasteiger partial charge in [-0.3, -0.25) is 9.69 Å². The fourth-order valence-electron chi connectivity index (χ4n) is 1.55. The first-order valence-electron chi connectivity index (χ1n) is 5.05. The van der Waals surface area contributed by atoms with Gasteiger partial charge in [-0.25, -0.2) is 0 Å². The topological polar surface area (TPSA) is 67.6 Å². The van der Waals surface area contributed by atoms with Crippen LogP contribution >= 0.6 is 0 Å². The fourth-order valence-corrected chi connectivity index (χ4v) is 1.55. The van der Waals surface area contributed by atoms with E-state index in [1.54, 1.807) is 0 Å². The number of likely N-dealkylation sites (N-methyl/N-ethyl adjacent to an activating group) is 1. The molecule has 0 aliphatic carbocycles. The molecule has 3 N–H and O–H groups in total. The summed E-state index contributed by atoms with van der Waals surface area (Å²) in [7, 11) is 0. The highest BCUT2D eigenvalue weighted by Gasteiger charge is 2.17. The van der Waals surface area contributed by atoms with Crippen molar-refractivity contribution in [3.63, 3.8) is 0 Å². The molecule has 1 aliphatic rings. The zero-order chi connectivity index (χ0) is 10.4. The first-order chi connectivity index (χ1) is 6.72. The average molecular weight is 201 g/mol. The Kier molecular flexibility index (Phi) is 4.86. The average Bonchev–Trinajstić information content (AvgIpc) is 2.17. The van der Waals surface area contributed by atoms with E-state index < -0.39 is 0 Å². The summed E-state index contributed by atoms with van der Waals surface area (Å²) < 4.78 is 5.54. The summed E-state index contributed by atoms with van der Waals surface area (Å²) in [6.45, 7) is 6.44. The molecule has 1 saturated heterocycles. The van der Waals surface area contributed by atoms with Crippen molar-refractivity contribution < 1.29 is 9.53 Å². The monoisotopic (exact) mass is 201 g/mol. The van der Waals surface area contributed by atoms with Gasteiger partial charge in [-0.15, -0.1) is 0 Å². The summed E-state index contributed by atoms with van der Waals surface area (Å²) in [5.74, 6) is -0.282. The molecule has 1 rings (SSSR count). The van der Waals surface area contributed by atoms with Gasteiger partial charge >= 0.3 is 0 Å². The highest BCUT2D eigenvalue weighted by atomic mass is 16.5. The Morgan fingerprint density at radius 2 is 2.50 bits per heavy atom. The number of rotatable bonds is 5. The van der Waals surface area contributed by atoms with Crippen LogP contribution in [-0.2, 0) is 9.53 Å². The van der Waals surface area contributed by atoms with Gasteiger partial charge in [0, 0.05) is 19.6 Å². The molecule has 82 valence electrons. The van der Waals surface area contributed by atoms with Gasteiger partial charge in [-0.1, -0.05) is 6.92 Å². The van der Waals surface area contributed by atoms with Crippen molar-refractivity contribution >= 4 is 5.91 Å². The second-order valence-corrected chi connectivity index (χ2v) is 3.49. The molecular weight excluding hydrogens is 182 g/mol. The van der Waals surface area contributed by atoms with Crippen LogP contribution in [0.5, 0.6) is 0 Å². The predicted molar refractivity (Wildman–Crippen MR) is 53.9 cm³/mol. The van der Waals surface area contributed by atoms with Crippen LogP contribution in [-0.4, -0.2) is 56.2 Å². The van der Waals surface area contributed by atoms with Crippen LogP contribution < -0.4 is 11.1 Å². The summed E-state index contributed by atoms with van der Waals surface area (Å²) in [4.78, 5) is 12.7. The van der Waals surface area contributed by atoms with Crippen LogP contribution in [0.1, 0.15) is 6.92 Å². The van der Waals surface area contributed by atoms with E-state index in [0.29, 0.717) is 6.54 Å². The minimum Gasteiger partial charge on any atom is -0.374 e. The van der Waals surface area contributed by atoms with E-state index in [4.69, 9.17) is 10.5 Å². The van der Waals surface area contributed by atoms with Crippen LogP contribution in [0.15, 0.2) is 0 Å². The molecule has 0 bridgehead atoms. The van der Waals surface area contributed by atoms with Gasteiger partial charge in [0.05, 0.1) is 19.3 Å². The first-order valence-corrected chi connectivity index (χ1v) is 5.05. The molecule has 0 spiro atoms. The predicted octanol–water partition coefficient (Wildman–Crippen LogP) is -1.22. The molecule has 1 atom stereocenters. The Morgan fingerprint density at radius 3 is 3.00 bits per heavy atom. The normalized spacial score (nSPS) is 22.6. The van der Waals surface area contributed by atoms with E-state index in [1.807, 2.05) is 11.8 Å². The van der Waals surface area contributed by atoms with Gasteiger partial charge in [0.1, 0.15) is 0 Å². The molecule has 0 radical (unpaired) electrons. The zero-order valence-corrected chi connectivity index (χ0v) is 8.66. The molecule has 1 amide bonds. The third kappa shape index (κ3) is 4.04. The summed E-state index contributed by atoms with van der Waals surface area (Å²) >= 11 is 0. The standard InChI is InChI=1S/C9H19N3O2/c1-2-12(7-9(10)13)6-8-5-11-3-4-14-8/h8,11H,2-7H2,1H3,(H2,10,13). The van der Waals surface area contributed by atoms with Gasteiger partial charge < -0.3 is 15.8 Å². The molecule has 0 saturated carbocycles. The number of nitrogens with zero attached hydrogens (tertiary/aromatic N) is 1. The van der Waals surface area contributed by atoms with Gasteiger partial charge in [-0.05, 0) is 6.54 Å². The van der Waals surface area contributed by atoms with E-state index >= 15 is 0 Å². The second kappa shape index (κ2) is 5.95. The number of hydrogen-bond acceptors (Lipinski definition) is 4. The lowest BCUT2D eigenvalue weighted by molar-refractivity contribution is -0.119. The molecule has 14 heavy (non-hydrogen) atoms. The number of carbonyl (C=O) groups is 1. The van der Waals surface area contributed by atoms with Gasteiger partial charge in [0.2, 0.25) is 5.91 Å². The molecule has 5 heteroatoms. The Hall–Kier alpha value is -0.650. The van der Waals surface area contributed by atoms with Crippen molar-refractivity contribution in [3.8, 4) is 0 Å². The number of nitrogens with one attached hydrogen (secondary N) is 1. The maximum Gasteiger partial charge on any atom is 0.231 e. The molecular formula is C9H19N3O2. The highest BCUT2D eigenvalue weighted by molar-refractivity contribution is 5.75. The number of amides is 1. The first kappa shape index (κ1) is 11.4. The Labute approximate surface area is 84.6 Å². The van der Waals surface area contributed by atoms with Gasteiger partial charge in [0.25, 0.3) is 0 Å². The minimum absolute atomic E-state index is 0.183. The van der Waals surface area contributed by atoms with Crippen LogP contribution in [0.25, 0.3) is 0 Å². The van der Waals surface area contributed by atoms with E-state index in [9.17, 15) is 4.79 Å². The third-order valence-corrected chi connectivity index (χ3v) is 2.29. The summed E-state index contributed by atoms with van der Waals surface area (Å²) in [6.07, 6.45) is 0.183. The summed E-state index contributed by atoms with van der Waals surface area (Å²) in [5.41, 5.74) is 5.14. The molecule has 1 fully saturated rings. The number of nitrogens with two attached hydrogens (primary N) is 1. The van der Waals surface area contributed by atoms with Crippen molar-refractivity contribution in [2.24, 2.45) is 5.73 Å². The second-order valence-electron chi connectivity index (χ2n) is 3.49. The van der Waals surface area contributed by atoms with Crippen molar-refractivity contribution in [2.75, 3.05) is 39.3 Å². The molecule has 0 aromatic heterocycles. The maximum atomic E-state index is 10.7. The molecule has 0 aromatic rings. The lowest BCUT2D eigenvalue weighted by Gasteiger charge is -2.28. The van der Waals surface area contributed by atoms with Gasteiger partial charge in [0.15, 0.2) is 0 Å². The molecule has 1 aliphatic heterocycles. The Morgan fingerprint density at radius 1 is 1.71 bits per heavy atom. The molecule has 5 nitrogen and oxygen atoms in total. The molecule has 1 unspecified atom stereocenters. The number of hydrogen-bond donors (Lipinski definition) is 2. The molecule has 1 heterocycles. The smallest absolute Gasteiger partial charge is 0.231 e. The van der Waals surface area contributed by atoms with E-state index in [0.717, 1.165) is 32.8 Å². The van der Waals surface area contributed by atoms with E-state index in [-0.39, 0.29) is 12.0 Å². The van der Waals surface area contributed by atoms with Crippen LogP contribution in [0.3, 0.4) is 0 Å².